The molecule has 2 rings (SSSR count). The highest BCUT2D eigenvalue weighted by molar-refractivity contribution is 5.69. The molecule has 29 heavy (non-hydrogen) atoms. The number of piperidine rings is 1. The number of carbonyl (C=O) groups is 1. The first-order valence-electron chi connectivity index (χ1n) is 11.8. The van der Waals surface area contributed by atoms with Crippen molar-refractivity contribution in [2.24, 2.45) is 0 Å². The van der Waals surface area contributed by atoms with E-state index in [-0.39, 0.29) is 5.97 Å². The van der Waals surface area contributed by atoms with E-state index < -0.39 is 0 Å². The van der Waals surface area contributed by atoms with E-state index in [0.717, 1.165) is 44.8 Å². The van der Waals surface area contributed by atoms with E-state index in [1.165, 1.54) is 50.5 Å². The van der Waals surface area contributed by atoms with Crippen LogP contribution >= 0.6 is 0 Å². The molecule has 1 aliphatic heterocycles. The van der Waals surface area contributed by atoms with Gasteiger partial charge in [0.1, 0.15) is 5.75 Å². The number of unbranched alkanes of at least 4 members (excludes halogenated alkanes) is 5. The third-order valence-corrected chi connectivity index (χ3v) is 5.76. The molecule has 1 atom stereocenters. The summed E-state index contributed by atoms with van der Waals surface area (Å²) in [4.78, 5) is 14.0. The summed E-state index contributed by atoms with van der Waals surface area (Å²) < 4.78 is 11.0. The molecule has 0 bridgehead atoms. The lowest BCUT2D eigenvalue weighted by atomic mass is 9.90. The molecule has 0 aromatic heterocycles. The number of rotatable bonds is 14. The average Bonchev–Trinajstić information content (AvgIpc) is 2.74. The van der Waals surface area contributed by atoms with Gasteiger partial charge in [0, 0.05) is 13.0 Å². The molecule has 1 saturated heterocycles. The molecule has 4 nitrogen and oxygen atoms in total. The summed E-state index contributed by atoms with van der Waals surface area (Å²) in [5.41, 5.74) is 1.39. The van der Waals surface area contributed by atoms with Crippen LogP contribution in [-0.2, 0) is 9.53 Å². The average molecular weight is 404 g/mol. The quantitative estimate of drug-likeness (QED) is 0.284. The maximum absolute atomic E-state index is 11.5. The smallest absolute Gasteiger partial charge is 0.305 e. The van der Waals surface area contributed by atoms with Crippen molar-refractivity contribution in [2.75, 3.05) is 32.8 Å². The first kappa shape index (κ1) is 23.7. The summed E-state index contributed by atoms with van der Waals surface area (Å²) in [6.07, 6.45) is 11.6. The van der Waals surface area contributed by atoms with Crippen molar-refractivity contribution in [3.8, 4) is 5.75 Å². The van der Waals surface area contributed by atoms with Gasteiger partial charge in [-0.1, -0.05) is 51.2 Å². The maximum atomic E-state index is 11.5. The zero-order chi connectivity index (χ0) is 20.7. The van der Waals surface area contributed by atoms with Crippen LogP contribution in [0.4, 0.5) is 0 Å². The van der Waals surface area contributed by atoms with Gasteiger partial charge in [0.2, 0.25) is 0 Å². The number of benzene rings is 1. The fraction of sp³-hybridized carbons (Fsp3) is 0.720. The first-order valence-corrected chi connectivity index (χ1v) is 11.8. The van der Waals surface area contributed by atoms with E-state index in [1.807, 2.05) is 6.92 Å². The molecule has 0 aliphatic carbocycles. The Bertz CT molecular complexity index is 575. The van der Waals surface area contributed by atoms with Crippen molar-refractivity contribution in [3.63, 3.8) is 0 Å². The second-order valence-electron chi connectivity index (χ2n) is 8.24. The lowest BCUT2D eigenvalue weighted by Gasteiger charge is -2.33. The van der Waals surface area contributed by atoms with Crippen molar-refractivity contribution in [1.82, 2.24) is 4.90 Å². The normalized spacial score (nSPS) is 17.2. The largest absolute Gasteiger partial charge is 0.494 e. The highest BCUT2D eigenvalue weighted by atomic mass is 16.5. The molecule has 0 saturated carbocycles. The second-order valence-corrected chi connectivity index (χ2v) is 8.24. The predicted octanol–water partition coefficient (Wildman–Crippen LogP) is 5.95. The van der Waals surface area contributed by atoms with Crippen molar-refractivity contribution in [2.45, 2.75) is 84.0 Å². The van der Waals surface area contributed by atoms with Gasteiger partial charge in [-0.3, -0.25) is 4.79 Å². The van der Waals surface area contributed by atoms with Gasteiger partial charge < -0.3 is 14.4 Å². The SMILES string of the molecule is CCCCCCCCOc1cccc(C2CCCN(CCCC(=O)OCC)C2)c1. The van der Waals surface area contributed by atoms with Gasteiger partial charge in [0.25, 0.3) is 0 Å². The summed E-state index contributed by atoms with van der Waals surface area (Å²) in [6.45, 7) is 8.59. The molecule has 0 spiro atoms. The van der Waals surface area contributed by atoms with E-state index in [9.17, 15) is 4.79 Å². The molecule has 4 heteroatoms. The van der Waals surface area contributed by atoms with Crippen molar-refractivity contribution < 1.29 is 14.3 Å². The summed E-state index contributed by atoms with van der Waals surface area (Å²) in [7, 11) is 0. The molecule has 1 heterocycles. The molecule has 1 fully saturated rings. The molecule has 164 valence electrons. The fourth-order valence-corrected chi connectivity index (χ4v) is 4.14. The Morgan fingerprint density at radius 2 is 1.93 bits per heavy atom. The van der Waals surface area contributed by atoms with E-state index in [0.29, 0.717) is 18.9 Å². The van der Waals surface area contributed by atoms with Crippen LogP contribution in [-0.4, -0.2) is 43.7 Å². The van der Waals surface area contributed by atoms with E-state index in [2.05, 4.69) is 36.1 Å². The third kappa shape index (κ3) is 9.66. The van der Waals surface area contributed by atoms with Crippen molar-refractivity contribution in [3.05, 3.63) is 29.8 Å². The molecule has 1 aromatic carbocycles. The van der Waals surface area contributed by atoms with Gasteiger partial charge in [0.05, 0.1) is 13.2 Å². The molecule has 0 N–H and O–H groups in total. The lowest BCUT2D eigenvalue weighted by Crippen LogP contribution is -2.35. The van der Waals surface area contributed by atoms with Crippen LogP contribution in [0.3, 0.4) is 0 Å². The number of nitrogens with zero attached hydrogens (tertiary/aromatic N) is 1. The summed E-state index contributed by atoms with van der Waals surface area (Å²) in [5, 5.41) is 0. The van der Waals surface area contributed by atoms with Crippen LogP contribution in [0.25, 0.3) is 0 Å². The summed E-state index contributed by atoms with van der Waals surface area (Å²) in [6, 6.07) is 8.69. The summed E-state index contributed by atoms with van der Waals surface area (Å²) in [5.74, 6) is 1.50. The second kappa shape index (κ2) is 14.4. The van der Waals surface area contributed by atoms with Gasteiger partial charge >= 0.3 is 5.97 Å². The van der Waals surface area contributed by atoms with Crippen LogP contribution in [0.2, 0.25) is 0 Å². The molecule has 0 radical (unpaired) electrons. The number of likely N-dealkylation sites (tertiary alicyclic amines) is 1. The highest BCUT2D eigenvalue weighted by Gasteiger charge is 2.21. The van der Waals surface area contributed by atoms with Gasteiger partial charge in [-0.2, -0.15) is 0 Å². The fourth-order valence-electron chi connectivity index (χ4n) is 4.14. The van der Waals surface area contributed by atoms with Gasteiger partial charge in [0.15, 0.2) is 0 Å². The maximum Gasteiger partial charge on any atom is 0.305 e. The van der Waals surface area contributed by atoms with Crippen molar-refractivity contribution >= 4 is 5.97 Å². The number of hydrogen-bond acceptors (Lipinski definition) is 4. The molecule has 0 amide bonds. The van der Waals surface area contributed by atoms with Gasteiger partial charge in [-0.25, -0.2) is 0 Å². The molecule has 1 aliphatic rings. The topological polar surface area (TPSA) is 38.8 Å². The lowest BCUT2D eigenvalue weighted by molar-refractivity contribution is -0.143. The first-order chi connectivity index (χ1) is 14.2. The Labute approximate surface area is 178 Å². The molecular weight excluding hydrogens is 362 g/mol. The minimum atomic E-state index is -0.0729. The highest BCUT2D eigenvalue weighted by Crippen LogP contribution is 2.29. The Morgan fingerprint density at radius 1 is 1.10 bits per heavy atom. The van der Waals surface area contributed by atoms with E-state index in [4.69, 9.17) is 9.47 Å². The van der Waals surface area contributed by atoms with Crippen LogP contribution < -0.4 is 4.74 Å². The monoisotopic (exact) mass is 403 g/mol. The van der Waals surface area contributed by atoms with E-state index in [1.54, 1.807) is 0 Å². The predicted molar refractivity (Wildman–Crippen MR) is 120 cm³/mol. The number of esters is 1. The van der Waals surface area contributed by atoms with E-state index >= 15 is 0 Å². The van der Waals surface area contributed by atoms with Crippen molar-refractivity contribution in [1.29, 1.82) is 0 Å². The molecule has 1 aromatic rings. The Balaban J connectivity index is 1.72. The number of ether oxygens (including phenoxy) is 2. The van der Waals surface area contributed by atoms with Gasteiger partial charge in [-0.05, 0) is 69.3 Å². The minimum absolute atomic E-state index is 0.0729. The Morgan fingerprint density at radius 3 is 2.76 bits per heavy atom. The van der Waals surface area contributed by atoms with Crippen LogP contribution in [0, 0.1) is 0 Å². The molecular formula is C25H41NO3. The van der Waals surface area contributed by atoms with Crippen LogP contribution in [0.15, 0.2) is 24.3 Å². The standard InChI is InChI=1S/C25H41NO3/c1-3-5-6-7-8-9-19-29-24-15-10-13-22(20-24)23-14-11-17-26(21-23)18-12-16-25(27)28-4-2/h10,13,15,20,23H,3-9,11-12,14,16-19,21H2,1-2H3. The number of hydrogen-bond donors (Lipinski definition) is 0. The number of carbonyl (C=O) groups excluding carboxylic acids is 1. The Kier molecular flexibility index (Phi) is 11.8. The van der Waals surface area contributed by atoms with Crippen LogP contribution in [0.1, 0.15) is 89.5 Å². The third-order valence-electron chi connectivity index (χ3n) is 5.76. The Hall–Kier alpha value is -1.55. The zero-order valence-corrected chi connectivity index (χ0v) is 18.7. The molecule has 1 unspecified atom stereocenters. The van der Waals surface area contributed by atoms with Crippen LogP contribution in [0.5, 0.6) is 5.75 Å². The zero-order valence-electron chi connectivity index (χ0n) is 18.7. The van der Waals surface area contributed by atoms with Gasteiger partial charge in [-0.15, -0.1) is 0 Å². The summed E-state index contributed by atoms with van der Waals surface area (Å²) >= 11 is 0. The minimum Gasteiger partial charge on any atom is -0.494 e.